The molecule has 1 N–H and O–H groups in total. The van der Waals surface area contributed by atoms with Gasteiger partial charge in [-0.15, -0.1) is 0 Å². The molecule has 1 aliphatic carbocycles. The molecular formula is C17H31NO. The van der Waals surface area contributed by atoms with E-state index in [9.17, 15) is 0 Å². The fraction of sp³-hybridized carbons (Fsp3) is 0.882. The van der Waals surface area contributed by atoms with Crippen LogP contribution in [0.1, 0.15) is 71.1 Å². The van der Waals surface area contributed by atoms with Crippen LogP contribution >= 0.6 is 0 Å². The molecule has 1 fully saturated rings. The Morgan fingerprint density at radius 1 is 1.21 bits per heavy atom. The van der Waals surface area contributed by atoms with Crippen molar-refractivity contribution in [2.45, 2.75) is 77.2 Å². The predicted molar refractivity (Wildman–Crippen MR) is 81.2 cm³/mol. The maximum Gasteiger partial charge on any atom is 0.0876 e. The van der Waals surface area contributed by atoms with Crippen molar-refractivity contribution in [2.24, 2.45) is 5.92 Å². The molecule has 0 aromatic rings. The molecule has 1 atom stereocenters. The molecule has 0 aromatic carbocycles. The molecule has 2 aliphatic rings. The molecule has 2 nitrogen and oxygen atoms in total. The van der Waals surface area contributed by atoms with Crippen LogP contribution in [-0.4, -0.2) is 19.2 Å². The first-order valence-electron chi connectivity index (χ1n) is 8.44. The van der Waals surface area contributed by atoms with Gasteiger partial charge in [-0.3, -0.25) is 0 Å². The lowest BCUT2D eigenvalue weighted by Crippen LogP contribution is -2.34. The zero-order valence-corrected chi connectivity index (χ0v) is 12.6. The van der Waals surface area contributed by atoms with Crippen molar-refractivity contribution in [1.82, 2.24) is 5.32 Å². The van der Waals surface area contributed by atoms with Gasteiger partial charge in [0.05, 0.1) is 12.9 Å². The number of nitrogens with one attached hydrogen (secondary N) is 1. The van der Waals surface area contributed by atoms with Gasteiger partial charge in [-0.25, -0.2) is 0 Å². The number of ether oxygens (including phenoxy) is 1. The maximum atomic E-state index is 5.55. The minimum absolute atomic E-state index is 0.573. The Balaban J connectivity index is 1.89. The van der Waals surface area contributed by atoms with E-state index >= 15 is 0 Å². The summed E-state index contributed by atoms with van der Waals surface area (Å²) in [5, 5.41) is 3.76. The molecular weight excluding hydrogens is 234 g/mol. The first kappa shape index (κ1) is 14.9. The quantitative estimate of drug-likeness (QED) is 0.718. The third kappa shape index (κ3) is 5.18. The van der Waals surface area contributed by atoms with E-state index in [4.69, 9.17) is 4.74 Å². The average molecular weight is 265 g/mol. The lowest BCUT2D eigenvalue weighted by molar-refractivity contribution is 0.216. The van der Waals surface area contributed by atoms with Crippen molar-refractivity contribution < 1.29 is 4.74 Å². The topological polar surface area (TPSA) is 21.3 Å². The van der Waals surface area contributed by atoms with E-state index in [2.05, 4.69) is 12.2 Å². The van der Waals surface area contributed by atoms with Crippen LogP contribution < -0.4 is 5.32 Å². The summed E-state index contributed by atoms with van der Waals surface area (Å²) in [5.41, 5.74) is 1.52. The number of rotatable bonds is 6. The molecule has 1 saturated carbocycles. The minimum Gasteiger partial charge on any atom is -0.501 e. The van der Waals surface area contributed by atoms with Crippen LogP contribution in [0.5, 0.6) is 0 Å². The number of hydrogen-bond acceptors (Lipinski definition) is 2. The predicted octanol–water partition coefficient (Wildman–Crippen LogP) is 4.41. The second-order valence-corrected chi connectivity index (χ2v) is 6.27. The molecule has 1 unspecified atom stereocenters. The summed E-state index contributed by atoms with van der Waals surface area (Å²) in [5.74, 6) is 0.930. The third-order valence-corrected chi connectivity index (χ3v) is 4.59. The van der Waals surface area contributed by atoms with Crippen LogP contribution in [0.2, 0.25) is 0 Å². The lowest BCUT2D eigenvalue weighted by atomic mass is 9.88. The van der Waals surface area contributed by atoms with Crippen molar-refractivity contribution in [1.29, 1.82) is 0 Å². The molecule has 0 bridgehead atoms. The lowest BCUT2D eigenvalue weighted by Gasteiger charge is -2.27. The Hall–Kier alpha value is -0.500. The van der Waals surface area contributed by atoms with Gasteiger partial charge < -0.3 is 10.1 Å². The molecule has 0 saturated heterocycles. The Kier molecular flexibility index (Phi) is 6.77. The second kappa shape index (κ2) is 8.63. The first-order chi connectivity index (χ1) is 9.40. The maximum absolute atomic E-state index is 5.55. The van der Waals surface area contributed by atoms with Gasteiger partial charge in [-0.2, -0.15) is 0 Å². The molecule has 0 radical (unpaired) electrons. The summed E-state index contributed by atoms with van der Waals surface area (Å²) in [6, 6.07) is 0.573. The van der Waals surface area contributed by atoms with Gasteiger partial charge in [-0.1, -0.05) is 45.4 Å². The zero-order valence-electron chi connectivity index (χ0n) is 12.6. The Bertz CT molecular complexity index is 266. The molecule has 2 heteroatoms. The monoisotopic (exact) mass is 265 g/mol. The third-order valence-electron chi connectivity index (χ3n) is 4.59. The van der Waals surface area contributed by atoms with Crippen LogP contribution in [0.15, 0.2) is 11.8 Å². The van der Waals surface area contributed by atoms with Crippen LogP contribution in [0.4, 0.5) is 0 Å². The summed E-state index contributed by atoms with van der Waals surface area (Å²) in [6.45, 7) is 4.30. The van der Waals surface area contributed by atoms with Gasteiger partial charge >= 0.3 is 0 Å². The molecule has 1 aliphatic heterocycles. The summed E-state index contributed by atoms with van der Waals surface area (Å²) in [6.07, 6.45) is 15.7. The molecule has 0 aromatic heterocycles. The normalized spacial score (nSPS) is 23.3. The first-order valence-corrected chi connectivity index (χ1v) is 8.44. The molecule has 19 heavy (non-hydrogen) atoms. The summed E-state index contributed by atoms with van der Waals surface area (Å²) >= 11 is 0. The van der Waals surface area contributed by atoms with E-state index in [0.29, 0.717) is 6.04 Å². The van der Waals surface area contributed by atoms with E-state index in [1.165, 1.54) is 69.8 Å². The van der Waals surface area contributed by atoms with Crippen molar-refractivity contribution in [3.8, 4) is 0 Å². The van der Waals surface area contributed by atoms with Gasteiger partial charge in [0, 0.05) is 6.04 Å². The van der Waals surface area contributed by atoms with E-state index in [1.54, 1.807) is 0 Å². The van der Waals surface area contributed by atoms with Gasteiger partial charge in [0.1, 0.15) is 0 Å². The van der Waals surface area contributed by atoms with Crippen molar-refractivity contribution in [3.63, 3.8) is 0 Å². The highest BCUT2D eigenvalue weighted by molar-refractivity contribution is 5.10. The summed E-state index contributed by atoms with van der Waals surface area (Å²) in [4.78, 5) is 0. The summed E-state index contributed by atoms with van der Waals surface area (Å²) < 4.78 is 5.55. The van der Waals surface area contributed by atoms with Gasteiger partial charge in [0.2, 0.25) is 0 Å². The van der Waals surface area contributed by atoms with Crippen molar-refractivity contribution in [3.05, 3.63) is 11.8 Å². The Labute approximate surface area is 119 Å². The summed E-state index contributed by atoms with van der Waals surface area (Å²) in [7, 11) is 0. The van der Waals surface area contributed by atoms with Crippen LogP contribution in [0.25, 0.3) is 0 Å². The zero-order chi connectivity index (χ0) is 13.3. The highest BCUT2D eigenvalue weighted by atomic mass is 16.5. The smallest absolute Gasteiger partial charge is 0.0876 e. The molecule has 1 heterocycles. The molecule has 2 rings (SSSR count). The second-order valence-electron chi connectivity index (χ2n) is 6.27. The van der Waals surface area contributed by atoms with Crippen molar-refractivity contribution in [2.75, 3.05) is 13.2 Å². The fourth-order valence-electron chi connectivity index (χ4n) is 3.46. The molecule has 0 amide bonds. The fourth-order valence-corrected chi connectivity index (χ4v) is 3.46. The molecule has 110 valence electrons. The van der Waals surface area contributed by atoms with Crippen LogP contribution in [-0.2, 0) is 4.74 Å². The number of hydrogen-bond donors (Lipinski definition) is 1. The Morgan fingerprint density at radius 3 is 2.63 bits per heavy atom. The largest absolute Gasteiger partial charge is 0.501 e. The average Bonchev–Trinajstić information content (AvgIpc) is 2.73. The van der Waals surface area contributed by atoms with E-state index in [-0.39, 0.29) is 0 Å². The minimum atomic E-state index is 0.573. The van der Waals surface area contributed by atoms with E-state index in [1.807, 2.05) is 6.26 Å². The van der Waals surface area contributed by atoms with Gasteiger partial charge in [0.15, 0.2) is 0 Å². The van der Waals surface area contributed by atoms with Crippen LogP contribution in [0.3, 0.4) is 0 Å². The van der Waals surface area contributed by atoms with Crippen LogP contribution in [0, 0.1) is 5.92 Å². The van der Waals surface area contributed by atoms with E-state index < -0.39 is 0 Å². The standard InChI is InChI=1S/C17H31NO/c1-2-11-18-17(16-10-7-12-19-14-16)13-15-8-5-3-4-6-9-15/h14-15,17-18H,2-13H2,1H3. The highest BCUT2D eigenvalue weighted by Gasteiger charge is 2.22. The molecule has 0 spiro atoms. The van der Waals surface area contributed by atoms with E-state index in [0.717, 1.165) is 19.1 Å². The van der Waals surface area contributed by atoms with Crippen molar-refractivity contribution >= 4 is 0 Å². The van der Waals surface area contributed by atoms with Gasteiger partial charge in [0.25, 0.3) is 0 Å². The SMILES string of the molecule is CCCNC(CC1CCCCCC1)C1=COCCC1. The Morgan fingerprint density at radius 2 is 2.00 bits per heavy atom. The highest BCUT2D eigenvalue weighted by Crippen LogP contribution is 2.29. The van der Waals surface area contributed by atoms with Gasteiger partial charge in [-0.05, 0) is 43.7 Å².